The van der Waals surface area contributed by atoms with Crippen LogP contribution in [0.15, 0.2) is 54.6 Å². The number of nitrogens with zero attached hydrogens (tertiary/aromatic N) is 3. The van der Waals surface area contributed by atoms with Gasteiger partial charge < -0.3 is 14.6 Å². The lowest BCUT2D eigenvalue weighted by Crippen LogP contribution is -2.65. The number of hydrogen-bond acceptors (Lipinski definition) is 4. The van der Waals surface area contributed by atoms with Crippen molar-refractivity contribution in [1.29, 1.82) is 0 Å². The molecule has 36 heavy (non-hydrogen) atoms. The molecule has 2 amide bonds. The van der Waals surface area contributed by atoms with Crippen molar-refractivity contribution in [3.05, 3.63) is 65.9 Å². The molecule has 7 heteroatoms. The van der Waals surface area contributed by atoms with Gasteiger partial charge in [0.05, 0.1) is 19.8 Å². The van der Waals surface area contributed by atoms with Crippen molar-refractivity contribution in [2.45, 2.75) is 57.3 Å². The van der Waals surface area contributed by atoms with Crippen LogP contribution >= 0.6 is 0 Å². The Morgan fingerprint density at radius 1 is 1.06 bits per heavy atom. The molecule has 3 heterocycles. The fraction of sp³-hybridized carbons (Fsp3) is 0.448. The highest BCUT2D eigenvalue weighted by Crippen LogP contribution is 2.36. The molecule has 188 valence electrons. The zero-order valence-corrected chi connectivity index (χ0v) is 20.9. The predicted octanol–water partition coefficient (Wildman–Crippen LogP) is 3.95. The number of carbonyl (C=O) groups is 2. The zero-order valence-electron chi connectivity index (χ0n) is 20.9. The molecule has 1 atom stereocenters. The van der Waals surface area contributed by atoms with E-state index in [4.69, 9.17) is 4.74 Å². The molecule has 1 unspecified atom stereocenters. The molecule has 2 aliphatic heterocycles. The third-order valence-corrected chi connectivity index (χ3v) is 8.08. The maximum absolute atomic E-state index is 14.0. The maximum Gasteiger partial charge on any atom is 0.275 e. The molecular weight excluding hydrogens is 452 g/mol. The lowest BCUT2D eigenvalue weighted by atomic mass is 9.93. The van der Waals surface area contributed by atoms with Crippen LogP contribution in [0.4, 0.5) is 5.69 Å². The van der Waals surface area contributed by atoms with E-state index < -0.39 is 5.54 Å². The molecule has 6 rings (SSSR count). The monoisotopic (exact) mass is 486 g/mol. The summed E-state index contributed by atoms with van der Waals surface area (Å²) in [4.78, 5) is 32.0. The summed E-state index contributed by atoms with van der Waals surface area (Å²) in [6.45, 7) is 6.56. The summed E-state index contributed by atoms with van der Waals surface area (Å²) in [7, 11) is 0. The van der Waals surface area contributed by atoms with Gasteiger partial charge in [0.2, 0.25) is 5.91 Å². The van der Waals surface area contributed by atoms with Crippen molar-refractivity contribution in [2.24, 2.45) is 0 Å². The molecule has 1 aromatic heterocycles. The minimum Gasteiger partial charge on any atom is -0.379 e. The first-order valence-corrected chi connectivity index (χ1v) is 13.2. The number of rotatable bonds is 5. The first-order valence-electron chi connectivity index (χ1n) is 13.2. The fourth-order valence-corrected chi connectivity index (χ4v) is 6.03. The number of fused-ring (bicyclic) bond motifs is 3. The van der Waals surface area contributed by atoms with Gasteiger partial charge in [-0.15, -0.1) is 0 Å². The van der Waals surface area contributed by atoms with Crippen LogP contribution in [0, 0.1) is 0 Å². The van der Waals surface area contributed by atoms with Gasteiger partial charge in [0.15, 0.2) is 0 Å². The second-order valence-electron chi connectivity index (χ2n) is 10.6. The van der Waals surface area contributed by atoms with E-state index in [1.165, 1.54) is 5.56 Å². The van der Waals surface area contributed by atoms with E-state index in [9.17, 15) is 9.59 Å². The lowest BCUT2D eigenvalue weighted by molar-refractivity contribution is -0.127. The van der Waals surface area contributed by atoms with Crippen LogP contribution in [0.3, 0.4) is 0 Å². The van der Waals surface area contributed by atoms with Gasteiger partial charge in [0.25, 0.3) is 5.91 Å². The van der Waals surface area contributed by atoms with E-state index in [1.54, 1.807) is 4.90 Å². The number of para-hydroxylation sites is 1. The summed E-state index contributed by atoms with van der Waals surface area (Å²) in [6.07, 6.45) is 4.29. The standard InChI is InChI=1S/C29H34N4O3/c1-29(28(35)30-23-7-3-4-8-23)20-32-25-9-5-2-6-22(25)18-26(32)27(34)33(29)24-12-10-21(11-13-24)19-31-14-16-36-17-15-31/h2,5-6,9-13,18,23H,3-4,7-8,14-17,19-20H2,1H3,(H,30,35). The van der Waals surface area contributed by atoms with Gasteiger partial charge in [0, 0.05) is 42.3 Å². The van der Waals surface area contributed by atoms with Crippen LogP contribution in [0.5, 0.6) is 0 Å². The summed E-state index contributed by atoms with van der Waals surface area (Å²) in [5, 5.41) is 4.30. The topological polar surface area (TPSA) is 66.8 Å². The van der Waals surface area contributed by atoms with E-state index in [-0.39, 0.29) is 17.9 Å². The molecule has 3 aromatic rings. The normalized spacial score (nSPS) is 23.2. The van der Waals surface area contributed by atoms with Gasteiger partial charge in [-0.2, -0.15) is 0 Å². The summed E-state index contributed by atoms with van der Waals surface area (Å²) in [5.74, 6) is -0.217. The Hall–Kier alpha value is -3.16. The molecule has 0 spiro atoms. The van der Waals surface area contributed by atoms with E-state index >= 15 is 0 Å². The Morgan fingerprint density at radius 2 is 1.78 bits per heavy atom. The number of morpholine rings is 1. The summed E-state index contributed by atoms with van der Waals surface area (Å²) >= 11 is 0. The molecule has 2 fully saturated rings. The van der Waals surface area contributed by atoms with Crippen molar-refractivity contribution in [1.82, 2.24) is 14.8 Å². The molecule has 3 aliphatic rings. The highest BCUT2D eigenvalue weighted by Gasteiger charge is 2.49. The number of anilines is 1. The molecule has 1 N–H and O–H groups in total. The first-order chi connectivity index (χ1) is 17.5. The van der Waals surface area contributed by atoms with E-state index in [0.717, 1.165) is 75.1 Å². The van der Waals surface area contributed by atoms with Crippen molar-refractivity contribution in [2.75, 3.05) is 31.2 Å². The second kappa shape index (κ2) is 9.37. The molecule has 1 saturated heterocycles. The molecule has 0 radical (unpaired) electrons. The highest BCUT2D eigenvalue weighted by molar-refractivity contribution is 6.14. The SMILES string of the molecule is CC1(C(=O)NC2CCCC2)Cn2c(cc3ccccc32)C(=O)N1c1ccc(CN2CCOCC2)cc1. The largest absolute Gasteiger partial charge is 0.379 e. The molecular formula is C29H34N4O3. The van der Waals surface area contributed by atoms with Crippen LogP contribution in [0.1, 0.15) is 48.7 Å². The summed E-state index contributed by atoms with van der Waals surface area (Å²) in [6, 6.07) is 18.3. The lowest BCUT2D eigenvalue weighted by Gasteiger charge is -2.44. The Morgan fingerprint density at radius 3 is 2.53 bits per heavy atom. The Labute approximate surface area is 212 Å². The quantitative estimate of drug-likeness (QED) is 0.593. The molecule has 0 bridgehead atoms. The summed E-state index contributed by atoms with van der Waals surface area (Å²) < 4.78 is 7.49. The van der Waals surface area contributed by atoms with Crippen LogP contribution < -0.4 is 10.2 Å². The van der Waals surface area contributed by atoms with Crippen molar-refractivity contribution >= 4 is 28.4 Å². The van der Waals surface area contributed by atoms with E-state index in [1.807, 2.05) is 54.0 Å². The van der Waals surface area contributed by atoms with Crippen LogP contribution in [-0.2, 0) is 22.6 Å². The third-order valence-electron chi connectivity index (χ3n) is 8.08. The maximum atomic E-state index is 14.0. The van der Waals surface area contributed by atoms with Crippen molar-refractivity contribution in [3.8, 4) is 0 Å². The van der Waals surface area contributed by atoms with E-state index in [0.29, 0.717) is 12.2 Å². The molecule has 1 aliphatic carbocycles. The minimum atomic E-state index is -1.04. The molecule has 1 saturated carbocycles. The van der Waals surface area contributed by atoms with Crippen molar-refractivity contribution < 1.29 is 14.3 Å². The van der Waals surface area contributed by atoms with Gasteiger partial charge in [-0.1, -0.05) is 43.2 Å². The average molecular weight is 487 g/mol. The van der Waals surface area contributed by atoms with Crippen molar-refractivity contribution in [3.63, 3.8) is 0 Å². The number of amides is 2. The van der Waals surface area contributed by atoms with Gasteiger partial charge >= 0.3 is 0 Å². The number of benzene rings is 2. The molecule has 7 nitrogen and oxygen atoms in total. The Balaban J connectivity index is 1.36. The van der Waals surface area contributed by atoms with E-state index in [2.05, 4.69) is 22.3 Å². The van der Waals surface area contributed by atoms with Crippen LogP contribution in [0.25, 0.3) is 10.9 Å². The second-order valence-corrected chi connectivity index (χ2v) is 10.6. The first kappa shape index (κ1) is 23.3. The van der Waals surface area contributed by atoms with Gasteiger partial charge in [-0.3, -0.25) is 19.4 Å². The number of carbonyl (C=O) groups excluding carboxylic acids is 2. The van der Waals surface area contributed by atoms with Crippen LogP contribution in [-0.4, -0.2) is 59.2 Å². The molecule has 2 aromatic carbocycles. The zero-order chi connectivity index (χ0) is 24.7. The number of ether oxygens (including phenoxy) is 1. The average Bonchev–Trinajstić information content (AvgIpc) is 3.54. The number of nitrogens with one attached hydrogen (secondary N) is 1. The predicted molar refractivity (Wildman–Crippen MR) is 140 cm³/mol. The number of aromatic nitrogens is 1. The van der Waals surface area contributed by atoms with Gasteiger partial charge in [-0.25, -0.2) is 0 Å². The van der Waals surface area contributed by atoms with Crippen LogP contribution in [0.2, 0.25) is 0 Å². The Kier molecular flexibility index (Phi) is 6.05. The van der Waals surface area contributed by atoms with Gasteiger partial charge in [-0.05, 0) is 49.6 Å². The number of hydrogen-bond donors (Lipinski definition) is 1. The third kappa shape index (κ3) is 4.10. The minimum absolute atomic E-state index is 0.0800. The van der Waals surface area contributed by atoms with Gasteiger partial charge in [0.1, 0.15) is 11.2 Å². The highest BCUT2D eigenvalue weighted by atomic mass is 16.5. The smallest absolute Gasteiger partial charge is 0.275 e. The fourth-order valence-electron chi connectivity index (χ4n) is 6.03. The summed E-state index contributed by atoms with van der Waals surface area (Å²) in [5.41, 5.74) is 2.52. The Bertz CT molecular complexity index is 1270.